The molecule has 0 N–H and O–H groups in total. The Morgan fingerprint density at radius 1 is 0.824 bits per heavy atom. The van der Waals surface area contributed by atoms with E-state index in [2.05, 4.69) is 36.1 Å². The van der Waals surface area contributed by atoms with Crippen LogP contribution in [0.2, 0.25) is 0 Å². The van der Waals surface area contributed by atoms with Gasteiger partial charge in [-0.2, -0.15) is 4.31 Å². The molecule has 0 aliphatic carbocycles. The van der Waals surface area contributed by atoms with Crippen molar-refractivity contribution >= 4 is 15.9 Å². The molecular weight excluding hydrogens is 446 g/mol. The third-order valence-electron chi connectivity index (χ3n) is 7.13. The Morgan fingerprint density at radius 2 is 1.47 bits per heavy atom. The Bertz CT molecular complexity index is 1050. The zero-order valence-electron chi connectivity index (χ0n) is 20.3. The van der Waals surface area contributed by atoms with Crippen molar-refractivity contribution < 1.29 is 13.2 Å². The van der Waals surface area contributed by atoms with E-state index in [9.17, 15) is 13.2 Å². The maximum absolute atomic E-state index is 12.9. The van der Waals surface area contributed by atoms with Crippen molar-refractivity contribution in [2.24, 2.45) is 0 Å². The van der Waals surface area contributed by atoms with E-state index >= 15 is 0 Å². The third-order valence-corrected chi connectivity index (χ3v) is 9.05. The number of rotatable bonds is 7. The van der Waals surface area contributed by atoms with Crippen molar-refractivity contribution in [2.45, 2.75) is 56.9 Å². The van der Waals surface area contributed by atoms with Gasteiger partial charge < -0.3 is 4.90 Å². The summed E-state index contributed by atoms with van der Waals surface area (Å²) in [7, 11) is -3.43. The smallest absolute Gasteiger partial charge is 0.243 e. The van der Waals surface area contributed by atoms with Crippen molar-refractivity contribution in [2.75, 3.05) is 39.3 Å². The van der Waals surface area contributed by atoms with E-state index in [4.69, 9.17) is 0 Å². The van der Waals surface area contributed by atoms with Crippen LogP contribution >= 0.6 is 0 Å². The lowest BCUT2D eigenvalue weighted by atomic mass is 10.1. The first-order valence-corrected chi connectivity index (χ1v) is 14.0. The van der Waals surface area contributed by atoms with E-state index in [-0.39, 0.29) is 5.91 Å². The molecule has 2 aromatic carbocycles. The van der Waals surface area contributed by atoms with Gasteiger partial charge in [-0.05, 0) is 55.0 Å². The molecule has 7 heteroatoms. The van der Waals surface area contributed by atoms with E-state index in [0.29, 0.717) is 30.8 Å². The van der Waals surface area contributed by atoms with Crippen molar-refractivity contribution in [1.29, 1.82) is 0 Å². The first kappa shape index (κ1) is 24.9. The number of amides is 1. The fourth-order valence-corrected chi connectivity index (χ4v) is 6.37. The minimum atomic E-state index is -3.43. The highest BCUT2D eigenvalue weighted by Gasteiger charge is 2.25. The van der Waals surface area contributed by atoms with Gasteiger partial charge in [0.1, 0.15) is 0 Å². The summed E-state index contributed by atoms with van der Waals surface area (Å²) in [6.07, 6.45) is 5.14. The second kappa shape index (κ2) is 11.5. The zero-order valence-corrected chi connectivity index (χ0v) is 21.1. The minimum Gasteiger partial charge on any atom is -0.340 e. The maximum Gasteiger partial charge on any atom is 0.243 e. The van der Waals surface area contributed by atoms with Gasteiger partial charge in [-0.25, -0.2) is 8.42 Å². The molecular formula is C27H37N3O3S. The van der Waals surface area contributed by atoms with Crippen LogP contribution in [0.3, 0.4) is 0 Å². The largest absolute Gasteiger partial charge is 0.340 e. The van der Waals surface area contributed by atoms with Crippen LogP contribution in [0, 0.1) is 6.92 Å². The average molecular weight is 484 g/mol. The molecule has 2 aliphatic heterocycles. The van der Waals surface area contributed by atoms with E-state index in [0.717, 1.165) is 64.0 Å². The van der Waals surface area contributed by atoms with Gasteiger partial charge in [0, 0.05) is 52.2 Å². The lowest BCUT2D eigenvalue weighted by molar-refractivity contribution is -0.133. The molecule has 34 heavy (non-hydrogen) atoms. The Morgan fingerprint density at radius 3 is 2.12 bits per heavy atom. The molecule has 0 radical (unpaired) electrons. The topological polar surface area (TPSA) is 60.9 Å². The van der Waals surface area contributed by atoms with Crippen molar-refractivity contribution in [1.82, 2.24) is 14.1 Å². The molecule has 184 valence electrons. The SMILES string of the molecule is Cc1ccccc1CN1CCN(C(=O)CCc2ccc(S(=O)(=O)N3CCCCCC3)cc2)CC1. The van der Waals surface area contributed by atoms with Crippen LogP contribution < -0.4 is 0 Å². The van der Waals surface area contributed by atoms with E-state index < -0.39 is 10.0 Å². The van der Waals surface area contributed by atoms with Crippen LogP contribution in [0.1, 0.15) is 48.8 Å². The van der Waals surface area contributed by atoms with Gasteiger partial charge in [-0.3, -0.25) is 9.69 Å². The molecule has 2 aliphatic rings. The first-order valence-electron chi connectivity index (χ1n) is 12.6. The molecule has 0 spiro atoms. The normalized spacial score (nSPS) is 18.6. The van der Waals surface area contributed by atoms with Gasteiger partial charge in [-0.1, -0.05) is 49.2 Å². The molecule has 1 amide bonds. The predicted molar refractivity (Wildman–Crippen MR) is 135 cm³/mol. The van der Waals surface area contributed by atoms with Crippen LogP contribution in [-0.4, -0.2) is 67.7 Å². The summed E-state index contributed by atoms with van der Waals surface area (Å²) in [6, 6.07) is 15.6. The highest BCUT2D eigenvalue weighted by molar-refractivity contribution is 7.89. The van der Waals surface area contributed by atoms with Gasteiger partial charge in [0.25, 0.3) is 0 Å². The lowest BCUT2D eigenvalue weighted by Gasteiger charge is -2.35. The minimum absolute atomic E-state index is 0.178. The molecule has 0 atom stereocenters. The zero-order chi connectivity index (χ0) is 24.0. The van der Waals surface area contributed by atoms with Gasteiger partial charge >= 0.3 is 0 Å². The summed E-state index contributed by atoms with van der Waals surface area (Å²) >= 11 is 0. The van der Waals surface area contributed by atoms with Crippen molar-refractivity contribution in [3.8, 4) is 0 Å². The lowest BCUT2D eigenvalue weighted by Crippen LogP contribution is -2.48. The third kappa shape index (κ3) is 6.26. The molecule has 0 bridgehead atoms. The summed E-state index contributed by atoms with van der Waals surface area (Å²) in [5, 5.41) is 0. The van der Waals surface area contributed by atoms with Gasteiger partial charge in [0.05, 0.1) is 4.90 Å². The fraction of sp³-hybridized carbons (Fsp3) is 0.519. The number of hydrogen-bond donors (Lipinski definition) is 0. The first-order chi connectivity index (χ1) is 16.4. The van der Waals surface area contributed by atoms with Crippen LogP contribution in [0.4, 0.5) is 0 Å². The van der Waals surface area contributed by atoms with Crippen molar-refractivity contribution in [3.05, 3.63) is 65.2 Å². The standard InChI is InChI=1S/C27H37N3O3S/c1-23-8-4-5-9-25(23)22-28-18-20-29(21-19-28)27(31)15-12-24-10-13-26(14-11-24)34(32,33)30-16-6-2-3-7-17-30/h4-5,8-11,13-14H,2-3,6-7,12,15-22H2,1H3. The number of piperazine rings is 1. The monoisotopic (exact) mass is 483 g/mol. The fourth-order valence-electron chi connectivity index (χ4n) is 4.85. The predicted octanol–water partition coefficient (Wildman–Crippen LogP) is 3.84. The Hall–Kier alpha value is -2.22. The molecule has 2 heterocycles. The summed E-state index contributed by atoms with van der Waals surface area (Å²) in [4.78, 5) is 17.5. The molecule has 2 saturated heterocycles. The average Bonchev–Trinajstić information content (AvgIpc) is 3.15. The summed E-state index contributed by atoms with van der Waals surface area (Å²) < 4.78 is 27.5. The van der Waals surface area contributed by atoms with Crippen molar-refractivity contribution in [3.63, 3.8) is 0 Å². The summed E-state index contributed by atoms with van der Waals surface area (Å²) in [5.74, 6) is 0.178. The summed E-state index contributed by atoms with van der Waals surface area (Å²) in [6.45, 7) is 7.60. The quantitative estimate of drug-likeness (QED) is 0.600. The molecule has 4 rings (SSSR count). The molecule has 0 aromatic heterocycles. The molecule has 2 aromatic rings. The number of hydrogen-bond acceptors (Lipinski definition) is 4. The number of benzene rings is 2. The van der Waals surface area contributed by atoms with Gasteiger partial charge in [0.2, 0.25) is 15.9 Å². The number of nitrogens with zero attached hydrogens (tertiary/aromatic N) is 3. The highest BCUT2D eigenvalue weighted by Crippen LogP contribution is 2.21. The van der Waals surface area contributed by atoms with Crippen LogP contribution in [0.15, 0.2) is 53.4 Å². The van der Waals surface area contributed by atoms with Gasteiger partial charge in [0.15, 0.2) is 0 Å². The second-order valence-corrected chi connectivity index (χ2v) is 11.5. The highest BCUT2D eigenvalue weighted by atomic mass is 32.2. The number of carbonyl (C=O) groups is 1. The molecule has 0 unspecified atom stereocenters. The maximum atomic E-state index is 12.9. The van der Waals surface area contributed by atoms with E-state index in [1.165, 1.54) is 11.1 Å². The number of aryl methyl sites for hydroxylation is 2. The van der Waals surface area contributed by atoms with Gasteiger partial charge in [-0.15, -0.1) is 0 Å². The summed E-state index contributed by atoms with van der Waals surface area (Å²) in [5.41, 5.74) is 3.66. The van der Waals surface area contributed by atoms with E-state index in [1.54, 1.807) is 16.4 Å². The Labute approximate surface area is 204 Å². The second-order valence-electron chi connectivity index (χ2n) is 9.55. The molecule has 2 fully saturated rings. The molecule has 0 saturated carbocycles. The molecule has 6 nitrogen and oxygen atoms in total. The van der Waals surface area contributed by atoms with Crippen LogP contribution in [-0.2, 0) is 27.8 Å². The van der Waals surface area contributed by atoms with Crippen LogP contribution in [0.5, 0.6) is 0 Å². The Balaban J connectivity index is 1.24. The number of carbonyl (C=O) groups excluding carboxylic acids is 1. The van der Waals surface area contributed by atoms with Crippen LogP contribution in [0.25, 0.3) is 0 Å². The number of sulfonamides is 1. The Kier molecular flexibility index (Phi) is 8.40. The van der Waals surface area contributed by atoms with E-state index in [1.807, 2.05) is 17.0 Å².